The van der Waals surface area contributed by atoms with E-state index in [0.717, 1.165) is 12.0 Å². The van der Waals surface area contributed by atoms with Crippen LogP contribution in [0.25, 0.3) is 6.08 Å². The number of carbonyl (C=O) groups is 1. The molecule has 3 nitrogen and oxygen atoms in total. The van der Waals surface area contributed by atoms with E-state index in [1.807, 2.05) is 25.1 Å². The zero-order valence-electron chi connectivity index (χ0n) is 13.1. The van der Waals surface area contributed by atoms with Crippen LogP contribution in [0.5, 0.6) is 0 Å². The molecule has 2 aromatic carbocycles. The normalized spacial score (nSPS) is 16.1. The van der Waals surface area contributed by atoms with Crippen molar-refractivity contribution in [1.82, 2.24) is 0 Å². The number of hydrogen-bond donors (Lipinski definition) is 0. The molecule has 3 rings (SSSR count). The molecule has 2 aromatic rings. The third-order valence-electron chi connectivity index (χ3n) is 3.83. The second-order valence-corrected chi connectivity index (χ2v) is 5.87. The molecule has 23 heavy (non-hydrogen) atoms. The molecule has 0 atom stereocenters. The first-order chi connectivity index (χ1) is 11.1. The standard InChI is InChI=1S/C19H17ClN2O/c1-3-14-4-6-15(7-5-14)12-18-13(2)21-22(19(18)23)17-10-8-16(20)9-11-17/h4-12H,3H2,1-2H3. The summed E-state index contributed by atoms with van der Waals surface area (Å²) in [6.45, 7) is 3.97. The van der Waals surface area contributed by atoms with E-state index < -0.39 is 0 Å². The molecule has 0 radical (unpaired) electrons. The maximum absolute atomic E-state index is 12.6. The minimum atomic E-state index is -0.121. The molecule has 0 saturated heterocycles. The molecular formula is C19H17ClN2O. The maximum atomic E-state index is 12.6. The molecule has 0 bridgehead atoms. The predicted molar refractivity (Wildman–Crippen MR) is 95.8 cm³/mol. The lowest BCUT2D eigenvalue weighted by atomic mass is 10.0. The number of anilines is 1. The molecule has 1 heterocycles. The number of hydrogen-bond acceptors (Lipinski definition) is 2. The Morgan fingerprint density at radius 1 is 1.09 bits per heavy atom. The van der Waals surface area contributed by atoms with Gasteiger partial charge in [0.05, 0.1) is 17.0 Å². The van der Waals surface area contributed by atoms with Crippen molar-refractivity contribution in [1.29, 1.82) is 0 Å². The predicted octanol–water partition coefficient (Wildman–Crippen LogP) is 4.71. The SMILES string of the molecule is CCc1ccc(C=C2C(=O)N(c3ccc(Cl)cc3)N=C2C)cc1. The van der Waals surface area contributed by atoms with Gasteiger partial charge in [0.15, 0.2) is 0 Å². The van der Waals surface area contributed by atoms with E-state index in [4.69, 9.17) is 11.6 Å². The van der Waals surface area contributed by atoms with Crippen LogP contribution in [0.2, 0.25) is 5.02 Å². The third-order valence-corrected chi connectivity index (χ3v) is 4.08. The van der Waals surface area contributed by atoms with Crippen molar-refractivity contribution in [3.63, 3.8) is 0 Å². The number of halogens is 1. The van der Waals surface area contributed by atoms with Crippen LogP contribution in [0.15, 0.2) is 59.2 Å². The van der Waals surface area contributed by atoms with Crippen LogP contribution < -0.4 is 5.01 Å². The van der Waals surface area contributed by atoms with E-state index in [2.05, 4.69) is 24.2 Å². The van der Waals surface area contributed by atoms with Crippen molar-refractivity contribution >= 4 is 35.0 Å². The van der Waals surface area contributed by atoms with Crippen LogP contribution in [0.3, 0.4) is 0 Å². The lowest BCUT2D eigenvalue weighted by Gasteiger charge is -2.11. The molecule has 1 aliphatic rings. The third kappa shape index (κ3) is 3.20. The highest BCUT2D eigenvalue weighted by Gasteiger charge is 2.28. The highest BCUT2D eigenvalue weighted by Crippen LogP contribution is 2.26. The molecule has 0 fully saturated rings. The first-order valence-corrected chi connectivity index (χ1v) is 7.92. The van der Waals surface area contributed by atoms with Gasteiger partial charge < -0.3 is 0 Å². The number of rotatable bonds is 3. The lowest BCUT2D eigenvalue weighted by Crippen LogP contribution is -2.21. The topological polar surface area (TPSA) is 32.7 Å². The first-order valence-electron chi connectivity index (χ1n) is 7.54. The maximum Gasteiger partial charge on any atom is 0.280 e. The quantitative estimate of drug-likeness (QED) is 0.753. The Morgan fingerprint density at radius 3 is 2.35 bits per heavy atom. The van der Waals surface area contributed by atoms with Gasteiger partial charge in [0, 0.05) is 5.02 Å². The van der Waals surface area contributed by atoms with Crippen molar-refractivity contribution in [2.24, 2.45) is 5.10 Å². The highest BCUT2D eigenvalue weighted by atomic mass is 35.5. The van der Waals surface area contributed by atoms with Gasteiger partial charge in [-0.2, -0.15) is 10.1 Å². The van der Waals surface area contributed by atoms with Gasteiger partial charge in [-0.3, -0.25) is 4.79 Å². The van der Waals surface area contributed by atoms with Crippen LogP contribution >= 0.6 is 11.6 Å². The summed E-state index contributed by atoms with van der Waals surface area (Å²) < 4.78 is 0. The Bertz CT molecular complexity index is 789. The van der Waals surface area contributed by atoms with Crippen LogP contribution in [0, 0.1) is 0 Å². The summed E-state index contributed by atoms with van der Waals surface area (Å²) in [5.74, 6) is -0.121. The Labute approximate surface area is 140 Å². The van der Waals surface area contributed by atoms with Gasteiger partial charge in [-0.05, 0) is 54.8 Å². The number of carbonyl (C=O) groups excluding carboxylic acids is 1. The fraction of sp³-hybridized carbons (Fsp3) is 0.158. The summed E-state index contributed by atoms with van der Waals surface area (Å²) >= 11 is 5.89. The zero-order chi connectivity index (χ0) is 16.4. The molecule has 0 unspecified atom stereocenters. The second kappa shape index (κ2) is 6.39. The molecule has 0 aliphatic carbocycles. The molecule has 0 aromatic heterocycles. The number of aryl methyl sites for hydroxylation is 1. The summed E-state index contributed by atoms with van der Waals surface area (Å²) in [6.07, 6.45) is 2.89. The van der Waals surface area contributed by atoms with E-state index >= 15 is 0 Å². The smallest absolute Gasteiger partial charge is 0.267 e. The van der Waals surface area contributed by atoms with Gasteiger partial charge in [0.1, 0.15) is 0 Å². The van der Waals surface area contributed by atoms with Crippen LogP contribution in [0.1, 0.15) is 25.0 Å². The lowest BCUT2D eigenvalue weighted by molar-refractivity contribution is -0.114. The van der Waals surface area contributed by atoms with Crippen LogP contribution in [-0.2, 0) is 11.2 Å². The molecule has 1 aliphatic heterocycles. The summed E-state index contributed by atoms with van der Waals surface area (Å²) in [5.41, 5.74) is 4.31. The van der Waals surface area contributed by atoms with E-state index in [9.17, 15) is 4.79 Å². The summed E-state index contributed by atoms with van der Waals surface area (Å²) in [6, 6.07) is 15.3. The highest BCUT2D eigenvalue weighted by molar-refractivity contribution is 6.32. The Morgan fingerprint density at radius 2 is 1.74 bits per heavy atom. The minimum Gasteiger partial charge on any atom is -0.267 e. The van der Waals surface area contributed by atoms with Gasteiger partial charge in [0.2, 0.25) is 0 Å². The largest absolute Gasteiger partial charge is 0.280 e. The van der Waals surface area contributed by atoms with Crippen LogP contribution in [0.4, 0.5) is 5.69 Å². The summed E-state index contributed by atoms with van der Waals surface area (Å²) in [5, 5.41) is 6.42. The van der Waals surface area contributed by atoms with E-state index in [-0.39, 0.29) is 5.91 Å². The second-order valence-electron chi connectivity index (χ2n) is 5.43. The van der Waals surface area contributed by atoms with E-state index in [1.165, 1.54) is 10.6 Å². The minimum absolute atomic E-state index is 0.121. The number of amides is 1. The Hall–Kier alpha value is -2.39. The fourth-order valence-corrected chi connectivity index (χ4v) is 2.58. The fourth-order valence-electron chi connectivity index (χ4n) is 2.46. The number of nitrogens with zero attached hydrogens (tertiary/aromatic N) is 2. The Kier molecular flexibility index (Phi) is 4.30. The number of hydrazone groups is 1. The molecule has 0 spiro atoms. The van der Waals surface area contributed by atoms with Gasteiger partial charge in [-0.15, -0.1) is 0 Å². The van der Waals surface area contributed by atoms with Gasteiger partial charge in [0.25, 0.3) is 5.91 Å². The summed E-state index contributed by atoms with van der Waals surface area (Å²) in [7, 11) is 0. The number of benzene rings is 2. The monoisotopic (exact) mass is 324 g/mol. The molecule has 4 heteroatoms. The van der Waals surface area contributed by atoms with E-state index in [1.54, 1.807) is 24.3 Å². The van der Waals surface area contributed by atoms with E-state index in [0.29, 0.717) is 22.0 Å². The molecule has 116 valence electrons. The Balaban J connectivity index is 1.89. The van der Waals surface area contributed by atoms with Crippen molar-refractivity contribution < 1.29 is 4.79 Å². The van der Waals surface area contributed by atoms with Crippen LogP contribution in [-0.4, -0.2) is 11.6 Å². The summed E-state index contributed by atoms with van der Waals surface area (Å²) in [4.78, 5) is 12.6. The molecular weight excluding hydrogens is 308 g/mol. The van der Waals surface area contributed by atoms with Crippen molar-refractivity contribution in [3.8, 4) is 0 Å². The average molecular weight is 325 g/mol. The van der Waals surface area contributed by atoms with Gasteiger partial charge >= 0.3 is 0 Å². The van der Waals surface area contributed by atoms with Crippen molar-refractivity contribution in [3.05, 3.63) is 70.3 Å². The van der Waals surface area contributed by atoms with Crippen molar-refractivity contribution in [2.45, 2.75) is 20.3 Å². The molecule has 0 N–H and O–H groups in total. The zero-order valence-corrected chi connectivity index (χ0v) is 13.8. The van der Waals surface area contributed by atoms with Gasteiger partial charge in [-0.25, -0.2) is 0 Å². The van der Waals surface area contributed by atoms with Crippen molar-refractivity contribution in [2.75, 3.05) is 5.01 Å². The van der Waals surface area contributed by atoms with Gasteiger partial charge in [-0.1, -0.05) is 42.8 Å². The first kappa shape index (κ1) is 15.5. The average Bonchev–Trinajstić information content (AvgIpc) is 2.84. The molecule has 0 saturated carbocycles. The molecule has 1 amide bonds.